The number of benzene rings is 1. The summed E-state index contributed by atoms with van der Waals surface area (Å²) in [5, 5.41) is 4.90. The lowest BCUT2D eigenvalue weighted by Crippen LogP contribution is -2.09. The van der Waals surface area contributed by atoms with Crippen molar-refractivity contribution in [3.8, 4) is 0 Å². The van der Waals surface area contributed by atoms with Crippen LogP contribution in [0.2, 0.25) is 0 Å². The average molecular weight is 297 g/mol. The maximum Gasteiger partial charge on any atom is 0.125 e. The van der Waals surface area contributed by atoms with Crippen molar-refractivity contribution in [2.45, 2.75) is 0 Å². The van der Waals surface area contributed by atoms with Crippen LogP contribution >= 0.6 is 27.7 Å². The van der Waals surface area contributed by atoms with E-state index in [2.05, 4.69) is 37.7 Å². The Morgan fingerprint density at radius 3 is 1.89 bits per heavy atom. The normalized spacial score (nSPS) is 11.7. The summed E-state index contributed by atoms with van der Waals surface area (Å²) < 4.78 is 0. The number of nitrogens with two attached hydrogens (primary N) is 3. The second-order valence-electron chi connectivity index (χ2n) is 4.23. The Kier molecular flexibility index (Phi) is 2.50. The smallest absolute Gasteiger partial charge is 0.125 e. The van der Waals surface area contributed by atoms with E-state index in [-0.39, 0.29) is 0 Å². The van der Waals surface area contributed by atoms with Crippen molar-refractivity contribution in [3.05, 3.63) is 0 Å². The first-order chi connectivity index (χ1) is 8.43. The number of nitrogen functional groups attached to an aromatic ring is 3. The van der Waals surface area contributed by atoms with E-state index in [1.807, 2.05) is 0 Å². The number of nitrogens with one attached hydrogen (secondary N) is 2. The van der Waals surface area contributed by atoms with Gasteiger partial charge in [0.15, 0.2) is 0 Å². The number of rotatable bonds is 0. The molecule has 5 nitrogen and oxygen atoms in total. The van der Waals surface area contributed by atoms with E-state index in [0.717, 1.165) is 37.7 Å². The van der Waals surface area contributed by atoms with Crippen molar-refractivity contribution in [2.24, 2.45) is 0 Å². The fourth-order valence-corrected chi connectivity index (χ4v) is 3.85. The van der Waals surface area contributed by atoms with E-state index in [4.69, 9.17) is 17.2 Å². The van der Waals surface area contributed by atoms with E-state index in [0.29, 0.717) is 17.3 Å². The van der Waals surface area contributed by atoms with Crippen molar-refractivity contribution >= 4 is 82.8 Å². The summed E-state index contributed by atoms with van der Waals surface area (Å²) in [6.07, 6.45) is 0. The summed E-state index contributed by atoms with van der Waals surface area (Å²) in [4.78, 5) is 6.29. The molecule has 18 heavy (non-hydrogen) atoms. The molecule has 0 bridgehead atoms. The minimum atomic E-state index is 0.489. The first-order valence-electron chi connectivity index (χ1n) is 5.23. The highest BCUT2D eigenvalue weighted by atomic mass is 31.0. The molecule has 3 unspecified atom stereocenters. The molecule has 2 heterocycles. The molecule has 3 rings (SSSR count). The third-order valence-electron chi connectivity index (χ3n) is 3.22. The molecule has 1 aromatic carbocycles. The van der Waals surface area contributed by atoms with E-state index in [1.165, 1.54) is 0 Å². The third kappa shape index (κ3) is 1.33. The zero-order chi connectivity index (χ0) is 13.2. The van der Waals surface area contributed by atoms with Crippen LogP contribution in [0.4, 0.5) is 17.3 Å². The second-order valence-corrected chi connectivity index (χ2v) is 5.96. The minimum Gasteiger partial charge on any atom is -0.395 e. The van der Waals surface area contributed by atoms with Gasteiger partial charge in [-0.15, -0.1) is 27.7 Å². The van der Waals surface area contributed by atoms with Gasteiger partial charge in [0.25, 0.3) is 0 Å². The van der Waals surface area contributed by atoms with E-state index in [9.17, 15) is 0 Å². The monoisotopic (exact) mass is 297 g/mol. The molecule has 0 amide bonds. The predicted molar refractivity (Wildman–Crippen MR) is 91.4 cm³/mol. The van der Waals surface area contributed by atoms with Crippen LogP contribution in [-0.4, -0.2) is 9.97 Å². The molecule has 0 spiro atoms. The molecule has 0 aliphatic carbocycles. The molecule has 0 aliphatic heterocycles. The molecule has 8 N–H and O–H groups in total. The Morgan fingerprint density at radius 2 is 1.22 bits per heavy atom. The molecule has 3 atom stereocenters. The molecule has 94 valence electrons. The standard InChI is InChI=1S/C10H14N5P3/c11-3-1-4(14-9(3)12)8(18)5-2(6(1)16)7(17)10(13)15-5/h14-15H,11-13,16-18H2. The lowest BCUT2D eigenvalue weighted by atomic mass is 10.1. The number of aromatic amines is 2. The summed E-state index contributed by atoms with van der Waals surface area (Å²) in [5.41, 5.74) is 20.3. The fraction of sp³-hybridized carbons (Fsp3) is 0. The quantitative estimate of drug-likeness (QED) is 0.374. The van der Waals surface area contributed by atoms with E-state index in [1.54, 1.807) is 0 Å². The highest BCUT2D eigenvalue weighted by Crippen LogP contribution is 2.31. The van der Waals surface area contributed by atoms with Crippen LogP contribution < -0.4 is 33.1 Å². The lowest BCUT2D eigenvalue weighted by Gasteiger charge is -2.05. The van der Waals surface area contributed by atoms with E-state index < -0.39 is 0 Å². The summed E-state index contributed by atoms with van der Waals surface area (Å²) >= 11 is 0. The molecule has 3 aromatic rings. The SMILES string of the molecule is Nc1[nH]c2c(P)c3[nH]c(N)c(P)c3c(P)c2c1N. The van der Waals surface area contributed by atoms with Crippen LogP contribution in [0.15, 0.2) is 0 Å². The van der Waals surface area contributed by atoms with Crippen LogP contribution in [0.25, 0.3) is 21.8 Å². The van der Waals surface area contributed by atoms with Gasteiger partial charge in [-0.05, 0) is 5.30 Å². The zero-order valence-electron chi connectivity index (χ0n) is 9.46. The lowest BCUT2D eigenvalue weighted by molar-refractivity contribution is 1.47. The molecule has 2 aromatic heterocycles. The summed E-state index contributed by atoms with van der Waals surface area (Å²) in [5.74, 6) is 1.13. The highest BCUT2D eigenvalue weighted by Gasteiger charge is 2.19. The van der Waals surface area contributed by atoms with Crippen molar-refractivity contribution in [1.82, 2.24) is 9.97 Å². The van der Waals surface area contributed by atoms with Gasteiger partial charge in [0.1, 0.15) is 11.6 Å². The molecule has 0 saturated heterocycles. The summed E-state index contributed by atoms with van der Waals surface area (Å²) in [7, 11) is 8.08. The fourth-order valence-electron chi connectivity index (χ4n) is 2.28. The predicted octanol–water partition coefficient (Wildman–Crippen LogP) is -0.103. The Morgan fingerprint density at radius 1 is 0.667 bits per heavy atom. The summed E-state index contributed by atoms with van der Waals surface area (Å²) in [6, 6.07) is 0. The molecular weight excluding hydrogens is 283 g/mol. The number of anilines is 3. The Balaban J connectivity index is 2.69. The highest BCUT2D eigenvalue weighted by molar-refractivity contribution is 7.33. The topological polar surface area (TPSA) is 110 Å². The molecule has 0 fully saturated rings. The number of aromatic nitrogens is 2. The Labute approximate surface area is 110 Å². The van der Waals surface area contributed by atoms with Crippen molar-refractivity contribution < 1.29 is 0 Å². The third-order valence-corrected chi connectivity index (χ3v) is 4.97. The van der Waals surface area contributed by atoms with Crippen LogP contribution in [0.5, 0.6) is 0 Å². The van der Waals surface area contributed by atoms with Gasteiger partial charge in [-0.1, -0.05) is 0 Å². The van der Waals surface area contributed by atoms with Gasteiger partial charge >= 0.3 is 0 Å². The number of fused-ring (bicyclic) bond motifs is 2. The zero-order valence-corrected chi connectivity index (χ0v) is 12.9. The average Bonchev–Trinajstić information content (AvgIpc) is 2.77. The van der Waals surface area contributed by atoms with Gasteiger partial charge in [-0.2, -0.15) is 0 Å². The van der Waals surface area contributed by atoms with Crippen LogP contribution in [0, 0.1) is 0 Å². The molecule has 0 saturated carbocycles. The van der Waals surface area contributed by atoms with Gasteiger partial charge < -0.3 is 27.2 Å². The van der Waals surface area contributed by atoms with Crippen LogP contribution in [0.1, 0.15) is 0 Å². The van der Waals surface area contributed by atoms with E-state index >= 15 is 0 Å². The second kappa shape index (κ2) is 3.74. The maximum absolute atomic E-state index is 6.03. The summed E-state index contributed by atoms with van der Waals surface area (Å²) in [6.45, 7) is 0. The van der Waals surface area contributed by atoms with Gasteiger partial charge in [-0.25, -0.2) is 0 Å². The first-order valence-corrected chi connectivity index (χ1v) is 6.96. The molecule has 0 radical (unpaired) electrons. The van der Waals surface area contributed by atoms with Crippen molar-refractivity contribution in [1.29, 1.82) is 0 Å². The maximum atomic E-state index is 6.03. The Hall–Kier alpha value is -1.01. The number of hydrogen-bond donors (Lipinski definition) is 5. The van der Waals surface area contributed by atoms with Crippen molar-refractivity contribution in [2.75, 3.05) is 17.2 Å². The van der Waals surface area contributed by atoms with Gasteiger partial charge in [0.05, 0.1) is 16.7 Å². The van der Waals surface area contributed by atoms with Gasteiger partial charge in [0.2, 0.25) is 0 Å². The number of hydrogen-bond acceptors (Lipinski definition) is 3. The van der Waals surface area contributed by atoms with Crippen LogP contribution in [0.3, 0.4) is 0 Å². The Bertz CT molecular complexity index is 738. The van der Waals surface area contributed by atoms with Crippen molar-refractivity contribution in [3.63, 3.8) is 0 Å². The largest absolute Gasteiger partial charge is 0.395 e. The first kappa shape index (κ1) is 12.0. The molecular formula is C10H14N5P3. The van der Waals surface area contributed by atoms with Gasteiger partial charge in [0, 0.05) is 21.4 Å². The van der Waals surface area contributed by atoms with Gasteiger partial charge in [-0.3, -0.25) is 0 Å². The molecule has 8 heteroatoms. The van der Waals surface area contributed by atoms with Crippen LogP contribution in [-0.2, 0) is 0 Å². The number of H-pyrrole nitrogens is 2. The minimum absolute atomic E-state index is 0.489. The molecule has 0 aliphatic rings.